The monoisotopic (exact) mass is 298 g/mol. The van der Waals surface area contributed by atoms with Crippen molar-refractivity contribution in [1.29, 1.82) is 0 Å². The fraction of sp³-hybridized carbons (Fsp3) is 0.417. The molecule has 0 radical (unpaired) electrons. The number of aryl methyl sites for hydroxylation is 2. The average Bonchev–Trinajstić information content (AvgIpc) is 2.96. The van der Waals surface area contributed by atoms with E-state index in [-0.39, 0.29) is 18.0 Å². The Hall–Kier alpha value is -1.64. The third kappa shape index (κ3) is 2.92. The van der Waals surface area contributed by atoms with Gasteiger partial charge in [0.05, 0.1) is 0 Å². The minimum Gasteiger partial charge on any atom is -0.465 e. The molecule has 2 aromatic heterocycles. The van der Waals surface area contributed by atoms with E-state index in [1.807, 2.05) is 0 Å². The van der Waals surface area contributed by atoms with Crippen LogP contribution in [0.3, 0.4) is 0 Å². The highest BCUT2D eigenvalue weighted by Gasteiger charge is 2.25. The molecule has 0 aliphatic heterocycles. The van der Waals surface area contributed by atoms with Crippen molar-refractivity contribution in [1.82, 2.24) is 14.7 Å². The van der Waals surface area contributed by atoms with Gasteiger partial charge >= 0.3 is 0 Å². The molecular formula is C12H18N4O3S. The lowest BCUT2D eigenvalue weighted by Gasteiger charge is -2.07. The van der Waals surface area contributed by atoms with E-state index in [4.69, 9.17) is 10.2 Å². The maximum Gasteiger partial charge on any atom is 0.244 e. The third-order valence-corrected chi connectivity index (χ3v) is 4.66. The molecule has 0 fully saturated rings. The van der Waals surface area contributed by atoms with Gasteiger partial charge < -0.3 is 15.1 Å². The van der Waals surface area contributed by atoms with E-state index in [1.54, 1.807) is 26.2 Å². The zero-order valence-corrected chi connectivity index (χ0v) is 12.3. The van der Waals surface area contributed by atoms with Crippen LogP contribution in [0.2, 0.25) is 0 Å². The summed E-state index contributed by atoms with van der Waals surface area (Å²) in [5, 5.41) is 0. The number of nitrogens with one attached hydrogen (secondary N) is 2. The quantitative estimate of drug-likeness (QED) is 0.722. The van der Waals surface area contributed by atoms with E-state index in [0.717, 1.165) is 5.82 Å². The first kappa shape index (κ1) is 14.8. The van der Waals surface area contributed by atoms with Gasteiger partial charge in [0.25, 0.3) is 0 Å². The molecule has 20 heavy (non-hydrogen) atoms. The zero-order valence-electron chi connectivity index (χ0n) is 11.4. The first-order valence-corrected chi connectivity index (χ1v) is 7.71. The molecule has 0 atom stereocenters. The minimum atomic E-state index is -3.63. The lowest BCUT2D eigenvalue weighted by molar-refractivity contribution is 0.494. The molecule has 0 saturated heterocycles. The fourth-order valence-electron chi connectivity index (χ4n) is 2.11. The van der Waals surface area contributed by atoms with Crippen LogP contribution in [0.1, 0.15) is 22.9 Å². The molecule has 0 amide bonds. The number of hydrogen-bond acceptors (Lipinski definition) is 5. The van der Waals surface area contributed by atoms with Crippen molar-refractivity contribution < 1.29 is 12.8 Å². The van der Waals surface area contributed by atoms with Crippen molar-refractivity contribution in [3.05, 3.63) is 35.3 Å². The molecule has 4 N–H and O–H groups in total. The summed E-state index contributed by atoms with van der Waals surface area (Å²) in [6.07, 6.45) is 3.81. The molecule has 8 heteroatoms. The van der Waals surface area contributed by atoms with Crippen LogP contribution < -0.4 is 10.5 Å². The maximum atomic E-state index is 12.3. The van der Waals surface area contributed by atoms with Crippen molar-refractivity contribution in [3.63, 3.8) is 0 Å². The van der Waals surface area contributed by atoms with Gasteiger partial charge in [0, 0.05) is 37.5 Å². The maximum absolute atomic E-state index is 12.3. The number of sulfonamides is 1. The Kier molecular flexibility index (Phi) is 4.26. The standard InChI is InChI=1S/C12H18N4O3S/c1-8-10(7-13)12(9(2)19-8)20(17,18)16-4-3-11-14-5-6-15-11/h5-6,16H,3-4,7,13H2,1-2H3,(H,14,15). The van der Waals surface area contributed by atoms with Crippen LogP contribution in [-0.2, 0) is 23.0 Å². The van der Waals surface area contributed by atoms with Gasteiger partial charge in [-0.25, -0.2) is 18.1 Å². The van der Waals surface area contributed by atoms with Crippen molar-refractivity contribution in [2.75, 3.05) is 6.54 Å². The molecule has 0 aliphatic carbocycles. The summed E-state index contributed by atoms with van der Waals surface area (Å²) in [6, 6.07) is 0. The number of H-pyrrole nitrogens is 1. The Balaban J connectivity index is 2.14. The molecule has 2 rings (SSSR count). The molecule has 7 nitrogen and oxygen atoms in total. The predicted octanol–water partition coefficient (Wildman–Crippen LogP) is 0.599. The van der Waals surface area contributed by atoms with Gasteiger partial charge in [0.15, 0.2) is 0 Å². The highest BCUT2D eigenvalue weighted by molar-refractivity contribution is 7.89. The van der Waals surface area contributed by atoms with Crippen LogP contribution in [0.25, 0.3) is 0 Å². The van der Waals surface area contributed by atoms with Crippen LogP contribution in [-0.4, -0.2) is 24.9 Å². The second-order valence-corrected chi connectivity index (χ2v) is 6.11. The lowest BCUT2D eigenvalue weighted by Crippen LogP contribution is -2.27. The molecule has 110 valence electrons. The van der Waals surface area contributed by atoms with Gasteiger partial charge in [0.1, 0.15) is 22.2 Å². The first-order valence-electron chi connectivity index (χ1n) is 6.22. The predicted molar refractivity (Wildman–Crippen MR) is 73.6 cm³/mol. The Morgan fingerprint density at radius 3 is 2.75 bits per heavy atom. The number of nitrogens with zero attached hydrogens (tertiary/aromatic N) is 1. The summed E-state index contributed by atoms with van der Waals surface area (Å²) in [7, 11) is -3.63. The number of hydrogen-bond donors (Lipinski definition) is 3. The number of rotatable bonds is 6. The number of imidazole rings is 1. The van der Waals surface area contributed by atoms with Crippen LogP contribution in [0.5, 0.6) is 0 Å². The number of furan rings is 1. The second kappa shape index (κ2) is 5.78. The molecule has 2 aromatic rings. The smallest absolute Gasteiger partial charge is 0.244 e. The molecule has 2 heterocycles. The van der Waals surface area contributed by atoms with Gasteiger partial charge in [-0.3, -0.25) is 0 Å². The number of aromatic nitrogens is 2. The fourth-order valence-corrected chi connectivity index (χ4v) is 3.60. The molecule has 0 aromatic carbocycles. The van der Waals surface area contributed by atoms with Crippen molar-refractivity contribution in [2.45, 2.75) is 31.7 Å². The lowest BCUT2D eigenvalue weighted by atomic mass is 10.2. The van der Waals surface area contributed by atoms with Crippen LogP contribution in [0.15, 0.2) is 21.7 Å². The summed E-state index contributed by atoms with van der Waals surface area (Å²) in [4.78, 5) is 7.10. The summed E-state index contributed by atoms with van der Waals surface area (Å²) < 4.78 is 32.5. The summed E-state index contributed by atoms with van der Waals surface area (Å²) in [5.41, 5.74) is 6.12. The first-order chi connectivity index (χ1) is 9.45. The Morgan fingerprint density at radius 2 is 2.15 bits per heavy atom. The Bertz CT molecular complexity index is 674. The highest BCUT2D eigenvalue weighted by atomic mass is 32.2. The molecule has 0 aliphatic rings. The SMILES string of the molecule is Cc1oc(C)c(S(=O)(=O)NCCc2ncc[nH]2)c1CN. The van der Waals surface area contributed by atoms with Gasteiger partial charge in [-0.15, -0.1) is 0 Å². The summed E-state index contributed by atoms with van der Waals surface area (Å²) >= 11 is 0. The third-order valence-electron chi connectivity index (χ3n) is 3.01. The number of aromatic amines is 1. The molecule has 0 spiro atoms. The van der Waals surface area contributed by atoms with Crippen LogP contribution in [0.4, 0.5) is 0 Å². The van der Waals surface area contributed by atoms with E-state index in [2.05, 4.69) is 14.7 Å². The van der Waals surface area contributed by atoms with E-state index >= 15 is 0 Å². The normalized spacial score (nSPS) is 11.9. The van der Waals surface area contributed by atoms with Crippen molar-refractivity contribution in [2.24, 2.45) is 5.73 Å². The second-order valence-electron chi connectivity index (χ2n) is 4.41. The summed E-state index contributed by atoms with van der Waals surface area (Å²) in [5.74, 6) is 1.62. The minimum absolute atomic E-state index is 0.123. The molecule has 0 saturated carbocycles. The molecule has 0 bridgehead atoms. The van der Waals surface area contributed by atoms with Gasteiger partial charge in [-0.1, -0.05) is 0 Å². The van der Waals surface area contributed by atoms with Crippen molar-refractivity contribution in [3.8, 4) is 0 Å². The van der Waals surface area contributed by atoms with Crippen LogP contribution in [0, 0.1) is 13.8 Å². The van der Waals surface area contributed by atoms with E-state index in [1.165, 1.54) is 0 Å². The largest absolute Gasteiger partial charge is 0.465 e. The van der Waals surface area contributed by atoms with Gasteiger partial charge in [-0.05, 0) is 13.8 Å². The molecular weight excluding hydrogens is 280 g/mol. The Labute approximate surface area is 117 Å². The van der Waals surface area contributed by atoms with Gasteiger partial charge in [-0.2, -0.15) is 0 Å². The molecule has 0 unspecified atom stereocenters. The van der Waals surface area contributed by atoms with Gasteiger partial charge in [0.2, 0.25) is 10.0 Å². The van der Waals surface area contributed by atoms with E-state index in [9.17, 15) is 8.42 Å². The number of nitrogens with two attached hydrogens (primary N) is 1. The highest BCUT2D eigenvalue weighted by Crippen LogP contribution is 2.25. The zero-order chi connectivity index (χ0) is 14.8. The van der Waals surface area contributed by atoms with E-state index in [0.29, 0.717) is 23.5 Å². The van der Waals surface area contributed by atoms with E-state index < -0.39 is 10.0 Å². The topological polar surface area (TPSA) is 114 Å². The van der Waals surface area contributed by atoms with Crippen LogP contribution >= 0.6 is 0 Å². The average molecular weight is 298 g/mol. The van der Waals surface area contributed by atoms with Crippen molar-refractivity contribution >= 4 is 10.0 Å². The summed E-state index contributed by atoms with van der Waals surface area (Å²) in [6.45, 7) is 3.70. The Morgan fingerprint density at radius 1 is 1.40 bits per heavy atom.